The summed E-state index contributed by atoms with van der Waals surface area (Å²) in [7, 11) is 3.22. The Balaban J connectivity index is 2.27. The van der Waals surface area contributed by atoms with Gasteiger partial charge in [0.25, 0.3) is 5.89 Å². The van der Waals surface area contributed by atoms with Gasteiger partial charge in [0.1, 0.15) is 5.75 Å². The highest BCUT2D eigenvalue weighted by Gasteiger charge is 2.12. The third kappa shape index (κ3) is 2.60. The van der Waals surface area contributed by atoms with E-state index >= 15 is 0 Å². The van der Waals surface area contributed by atoms with Crippen LogP contribution in [0.5, 0.6) is 5.75 Å². The fourth-order valence-corrected chi connectivity index (χ4v) is 1.51. The maximum atomic E-state index is 5.88. The van der Waals surface area contributed by atoms with Crippen molar-refractivity contribution >= 4 is 5.69 Å². The Labute approximate surface area is 105 Å². The molecule has 2 rings (SSSR count). The number of nitrogens with two attached hydrogens (primary N) is 1. The number of hydrogen-bond acceptors (Lipinski definition) is 6. The topological polar surface area (TPSA) is 83.4 Å². The van der Waals surface area contributed by atoms with Gasteiger partial charge in [0.2, 0.25) is 0 Å². The van der Waals surface area contributed by atoms with Crippen LogP contribution in [0.3, 0.4) is 0 Å². The van der Waals surface area contributed by atoms with Crippen molar-refractivity contribution < 1.29 is 14.0 Å². The Hall–Kier alpha value is -2.08. The SMILES string of the molecule is COCCc1noc(-c2cc(OC)ccc2N)n1. The summed E-state index contributed by atoms with van der Waals surface area (Å²) in [6.07, 6.45) is 0.601. The molecule has 1 heterocycles. The van der Waals surface area contributed by atoms with Crippen LogP contribution >= 0.6 is 0 Å². The minimum Gasteiger partial charge on any atom is -0.497 e. The van der Waals surface area contributed by atoms with Crippen molar-refractivity contribution in [1.29, 1.82) is 0 Å². The molecule has 2 N–H and O–H groups in total. The largest absolute Gasteiger partial charge is 0.497 e. The molecule has 6 heteroatoms. The summed E-state index contributed by atoms with van der Waals surface area (Å²) in [5, 5.41) is 3.86. The summed E-state index contributed by atoms with van der Waals surface area (Å²) in [4.78, 5) is 4.26. The van der Waals surface area contributed by atoms with Crippen LogP contribution in [0, 0.1) is 0 Å². The van der Waals surface area contributed by atoms with E-state index in [0.717, 1.165) is 0 Å². The van der Waals surface area contributed by atoms with Gasteiger partial charge in [0.15, 0.2) is 5.82 Å². The molecule has 0 bridgehead atoms. The van der Waals surface area contributed by atoms with Gasteiger partial charge in [-0.2, -0.15) is 4.98 Å². The highest BCUT2D eigenvalue weighted by Crippen LogP contribution is 2.28. The minimum atomic E-state index is 0.387. The van der Waals surface area contributed by atoms with Gasteiger partial charge in [-0.05, 0) is 18.2 Å². The van der Waals surface area contributed by atoms with Crippen molar-refractivity contribution in [2.75, 3.05) is 26.6 Å². The van der Waals surface area contributed by atoms with E-state index in [2.05, 4.69) is 10.1 Å². The highest BCUT2D eigenvalue weighted by molar-refractivity contribution is 5.72. The molecule has 0 amide bonds. The number of nitrogens with zero attached hydrogens (tertiary/aromatic N) is 2. The lowest BCUT2D eigenvalue weighted by Gasteiger charge is -2.03. The summed E-state index contributed by atoms with van der Waals surface area (Å²) in [6, 6.07) is 5.29. The van der Waals surface area contributed by atoms with E-state index in [9.17, 15) is 0 Å². The van der Waals surface area contributed by atoms with Crippen molar-refractivity contribution in [3.63, 3.8) is 0 Å². The number of anilines is 1. The second-order valence-corrected chi connectivity index (χ2v) is 3.71. The van der Waals surface area contributed by atoms with E-state index in [1.165, 1.54) is 0 Å². The summed E-state index contributed by atoms with van der Waals surface area (Å²) in [6.45, 7) is 0.548. The molecular formula is C12H15N3O3. The fourth-order valence-electron chi connectivity index (χ4n) is 1.51. The van der Waals surface area contributed by atoms with Gasteiger partial charge < -0.3 is 19.7 Å². The zero-order valence-electron chi connectivity index (χ0n) is 10.3. The van der Waals surface area contributed by atoms with Crippen LogP contribution in [0.4, 0.5) is 5.69 Å². The van der Waals surface area contributed by atoms with Gasteiger partial charge in [-0.3, -0.25) is 0 Å². The monoisotopic (exact) mass is 249 g/mol. The van der Waals surface area contributed by atoms with Crippen molar-refractivity contribution in [2.45, 2.75) is 6.42 Å². The Bertz CT molecular complexity index is 525. The van der Waals surface area contributed by atoms with Crippen LogP contribution in [0.1, 0.15) is 5.82 Å². The van der Waals surface area contributed by atoms with Crippen LogP contribution < -0.4 is 10.5 Å². The maximum Gasteiger partial charge on any atom is 0.260 e. The molecule has 0 aliphatic heterocycles. The zero-order chi connectivity index (χ0) is 13.0. The van der Waals surface area contributed by atoms with Gasteiger partial charge in [-0.25, -0.2) is 0 Å². The van der Waals surface area contributed by atoms with E-state index < -0.39 is 0 Å². The first-order valence-electron chi connectivity index (χ1n) is 5.50. The molecule has 96 valence electrons. The van der Waals surface area contributed by atoms with Crippen molar-refractivity contribution in [3.8, 4) is 17.2 Å². The molecule has 18 heavy (non-hydrogen) atoms. The number of benzene rings is 1. The summed E-state index contributed by atoms with van der Waals surface area (Å²) in [5.41, 5.74) is 7.12. The Morgan fingerprint density at radius 3 is 2.89 bits per heavy atom. The predicted octanol–water partition coefficient (Wildman–Crippen LogP) is 1.52. The molecule has 2 aromatic rings. The van der Waals surface area contributed by atoms with Crippen LogP contribution in [-0.2, 0) is 11.2 Å². The summed E-state index contributed by atoms with van der Waals surface area (Å²) in [5.74, 6) is 1.67. The zero-order valence-corrected chi connectivity index (χ0v) is 10.3. The maximum absolute atomic E-state index is 5.88. The summed E-state index contributed by atoms with van der Waals surface area (Å²) < 4.78 is 15.3. The number of ether oxygens (including phenoxy) is 2. The van der Waals surface area contributed by atoms with E-state index in [1.807, 2.05) is 0 Å². The second kappa shape index (κ2) is 5.50. The number of rotatable bonds is 5. The average molecular weight is 249 g/mol. The molecule has 6 nitrogen and oxygen atoms in total. The lowest BCUT2D eigenvalue weighted by molar-refractivity contribution is 0.199. The van der Waals surface area contributed by atoms with Gasteiger partial charge in [-0.15, -0.1) is 0 Å². The first kappa shape index (κ1) is 12.4. The summed E-state index contributed by atoms with van der Waals surface area (Å²) >= 11 is 0. The first-order valence-corrected chi connectivity index (χ1v) is 5.50. The molecule has 0 fully saturated rings. The van der Waals surface area contributed by atoms with Crippen molar-refractivity contribution in [1.82, 2.24) is 10.1 Å². The fraction of sp³-hybridized carbons (Fsp3) is 0.333. The third-order valence-electron chi connectivity index (χ3n) is 2.49. The van der Waals surface area contributed by atoms with Gasteiger partial charge in [0.05, 0.1) is 19.3 Å². The number of hydrogen-bond donors (Lipinski definition) is 1. The molecule has 0 aliphatic carbocycles. The Morgan fingerprint density at radius 2 is 2.17 bits per heavy atom. The quantitative estimate of drug-likeness (QED) is 0.809. The van der Waals surface area contributed by atoms with E-state index in [1.54, 1.807) is 32.4 Å². The van der Waals surface area contributed by atoms with Crippen LogP contribution in [0.25, 0.3) is 11.5 Å². The molecular weight excluding hydrogens is 234 g/mol. The Kier molecular flexibility index (Phi) is 3.78. The molecule has 0 aliphatic rings. The molecule has 0 saturated heterocycles. The average Bonchev–Trinajstić information content (AvgIpc) is 2.85. The Morgan fingerprint density at radius 1 is 1.33 bits per heavy atom. The number of methoxy groups -OCH3 is 2. The van der Waals surface area contributed by atoms with Gasteiger partial charge >= 0.3 is 0 Å². The number of nitrogen functional groups attached to an aromatic ring is 1. The van der Waals surface area contributed by atoms with Gasteiger partial charge in [0, 0.05) is 19.2 Å². The molecule has 0 radical (unpaired) electrons. The number of aromatic nitrogens is 2. The van der Waals surface area contributed by atoms with E-state index in [0.29, 0.717) is 41.7 Å². The molecule has 0 unspecified atom stereocenters. The first-order chi connectivity index (χ1) is 8.74. The van der Waals surface area contributed by atoms with Crippen molar-refractivity contribution in [3.05, 3.63) is 24.0 Å². The molecule has 1 aromatic carbocycles. The van der Waals surface area contributed by atoms with E-state index in [4.69, 9.17) is 19.7 Å². The minimum absolute atomic E-state index is 0.387. The smallest absolute Gasteiger partial charge is 0.260 e. The van der Waals surface area contributed by atoms with Crippen LogP contribution in [0.15, 0.2) is 22.7 Å². The highest BCUT2D eigenvalue weighted by atomic mass is 16.5. The molecule has 0 atom stereocenters. The standard InChI is InChI=1S/C12H15N3O3/c1-16-6-5-11-14-12(18-15-11)9-7-8(17-2)3-4-10(9)13/h3-4,7H,5-6,13H2,1-2H3. The lowest BCUT2D eigenvalue weighted by Crippen LogP contribution is -1.96. The van der Waals surface area contributed by atoms with Crippen LogP contribution in [0.2, 0.25) is 0 Å². The molecule has 0 spiro atoms. The van der Waals surface area contributed by atoms with Crippen LogP contribution in [-0.4, -0.2) is 31.0 Å². The van der Waals surface area contributed by atoms with E-state index in [-0.39, 0.29) is 0 Å². The normalized spacial score (nSPS) is 10.6. The third-order valence-corrected chi connectivity index (χ3v) is 2.49. The predicted molar refractivity (Wildman–Crippen MR) is 66.3 cm³/mol. The van der Waals surface area contributed by atoms with Gasteiger partial charge in [-0.1, -0.05) is 5.16 Å². The molecule has 1 aromatic heterocycles. The lowest BCUT2D eigenvalue weighted by atomic mass is 10.1. The van der Waals surface area contributed by atoms with Crippen molar-refractivity contribution in [2.24, 2.45) is 0 Å². The second-order valence-electron chi connectivity index (χ2n) is 3.71. The molecule has 0 saturated carbocycles.